The molecule has 0 aliphatic heterocycles. The molecule has 0 aliphatic carbocycles. The molecule has 1 heterocycles. The van der Waals surface area contributed by atoms with Crippen LogP contribution in [0.4, 0.5) is 0 Å². The molecule has 0 aliphatic rings. The summed E-state index contributed by atoms with van der Waals surface area (Å²) >= 11 is 0. The molecule has 0 bridgehead atoms. The van der Waals surface area contributed by atoms with Crippen molar-refractivity contribution in [3.8, 4) is 0 Å². The van der Waals surface area contributed by atoms with E-state index in [-0.39, 0.29) is 24.1 Å². The normalized spacial score (nSPS) is 11.7. The van der Waals surface area contributed by atoms with Crippen LogP contribution < -0.4 is 10.6 Å². The maximum atomic E-state index is 11.5. The highest BCUT2D eigenvalue weighted by atomic mass is 16.4. The van der Waals surface area contributed by atoms with E-state index in [1.807, 2.05) is 0 Å². The lowest BCUT2D eigenvalue weighted by molar-refractivity contribution is -0.127. The van der Waals surface area contributed by atoms with Gasteiger partial charge in [0.25, 0.3) is 0 Å². The second-order valence-corrected chi connectivity index (χ2v) is 3.89. The molecule has 0 spiro atoms. The molecule has 3 N–H and O–H groups in total. The van der Waals surface area contributed by atoms with Gasteiger partial charge in [-0.15, -0.1) is 5.10 Å². The van der Waals surface area contributed by atoms with Gasteiger partial charge in [-0.05, 0) is 6.92 Å². The van der Waals surface area contributed by atoms with Gasteiger partial charge in [0.2, 0.25) is 11.8 Å². The fourth-order valence-electron chi connectivity index (χ4n) is 1.32. The van der Waals surface area contributed by atoms with Gasteiger partial charge in [0.1, 0.15) is 6.04 Å². The van der Waals surface area contributed by atoms with Crippen LogP contribution in [0, 0.1) is 0 Å². The summed E-state index contributed by atoms with van der Waals surface area (Å²) in [7, 11) is 0. The molecule has 1 aromatic heterocycles. The maximum absolute atomic E-state index is 11.5. The predicted octanol–water partition coefficient (Wildman–Crippen LogP) is -1.38. The van der Waals surface area contributed by atoms with Gasteiger partial charge < -0.3 is 15.7 Å². The number of hydrogen-bond donors (Lipinski definition) is 3. The molecule has 0 aromatic carbocycles. The average molecular weight is 269 g/mol. The van der Waals surface area contributed by atoms with E-state index < -0.39 is 12.0 Å². The zero-order chi connectivity index (χ0) is 14.4. The summed E-state index contributed by atoms with van der Waals surface area (Å²) in [6.07, 6.45) is 1.27. The van der Waals surface area contributed by atoms with E-state index in [0.29, 0.717) is 6.54 Å². The number of hydrogen-bond acceptors (Lipinski definition) is 5. The van der Waals surface area contributed by atoms with Crippen molar-refractivity contribution >= 4 is 17.8 Å². The highest BCUT2D eigenvalue weighted by Crippen LogP contribution is 1.92. The summed E-state index contributed by atoms with van der Waals surface area (Å²) < 4.78 is 1.31. The number of carboxylic acid groups (broad SMARTS) is 1. The lowest BCUT2D eigenvalue weighted by Gasteiger charge is -2.12. The molecule has 0 fully saturated rings. The molecule has 2 amide bonds. The third kappa shape index (κ3) is 4.74. The molecule has 104 valence electrons. The van der Waals surface area contributed by atoms with Gasteiger partial charge >= 0.3 is 5.97 Å². The van der Waals surface area contributed by atoms with Crippen LogP contribution in [0.3, 0.4) is 0 Å². The summed E-state index contributed by atoms with van der Waals surface area (Å²) in [5, 5.41) is 20.7. The Kier molecular flexibility index (Phi) is 4.98. The Morgan fingerprint density at radius 2 is 2.16 bits per heavy atom. The summed E-state index contributed by atoms with van der Waals surface area (Å²) in [6.45, 7) is 3.44. The van der Waals surface area contributed by atoms with E-state index in [1.165, 1.54) is 17.8 Å². The quantitative estimate of drug-likeness (QED) is 0.584. The second kappa shape index (κ2) is 6.47. The Labute approximate surface area is 109 Å². The predicted molar refractivity (Wildman–Crippen MR) is 63.3 cm³/mol. The van der Waals surface area contributed by atoms with E-state index in [2.05, 4.69) is 20.9 Å². The van der Waals surface area contributed by atoms with E-state index in [0.717, 1.165) is 0 Å². The van der Waals surface area contributed by atoms with Gasteiger partial charge in [0, 0.05) is 13.5 Å². The Morgan fingerprint density at radius 3 is 2.68 bits per heavy atom. The number of aromatic nitrogens is 3. The average Bonchev–Trinajstić information content (AvgIpc) is 2.76. The van der Waals surface area contributed by atoms with Crippen LogP contribution in [0.2, 0.25) is 0 Å². The Bertz CT molecular complexity index is 484. The first-order valence-electron chi connectivity index (χ1n) is 5.58. The van der Waals surface area contributed by atoms with E-state index >= 15 is 0 Å². The van der Waals surface area contributed by atoms with E-state index in [4.69, 9.17) is 5.11 Å². The molecular weight excluding hydrogens is 254 g/mol. The second-order valence-electron chi connectivity index (χ2n) is 3.89. The van der Waals surface area contributed by atoms with Crippen molar-refractivity contribution in [1.82, 2.24) is 25.6 Å². The molecule has 0 saturated carbocycles. The fourth-order valence-corrected chi connectivity index (χ4v) is 1.32. The molecule has 1 atom stereocenters. The van der Waals surface area contributed by atoms with Crippen LogP contribution >= 0.6 is 0 Å². The number of carbonyl (C=O) groups excluding carboxylic acids is 2. The van der Waals surface area contributed by atoms with Crippen LogP contribution in [0.15, 0.2) is 6.20 Å². The smallest absolute Gasteiger partial charge is 0.358 e. The number of nitrogens with zero attached hydrogens (tertiary/aromatic N) is 3. The van der Waals surface area contributed by atoms with Gasteiger partial charge in [-0.2, -0.15) is 0 Å². The van der Waals surface area contributed by atoms with Gasteiger partial charge in [0.05, 0.1) is 12.7 Å². The van der Waals surface area contributed by atoms with Crippen molar-refractivity contribution in [2.45, 2.75) is 26.4 Å². The molecule has 1 unspecified atom stereocenters. The maximum Gasteiger partial charge on any atom is 0.358 e. The number of amides is 2. The molecule has 9 nitrogen and oxygen atoms in total. The van der Waals surface area contributed by atoms with Gasteiger partial charge in [-0.3, -0.25) is 9.59 Å². The van der Waals surface area contributed by atoms with Crippen LogP contribution in [0.1, 0.15) is 24.3 Å². The van der Waals surface area contributed by atoms with Crippen LogP contribution in [0.25, 0.3) is 0 Å². The van der Waals surface area contributed by atoms with Crippen molar-refractivity contribution in [2.75, 3.05) is 6.54 Å². The first kappa shape index (κ1) is 14.6. The molecule has 1 aromatic rings. The van der Waals surface area contributed by atoms with Crippen molar-refractivity contribution < 1.29 is 19.5 Å². The van der Waals surface area contributed by atoms with Crippen molar-refractivity contribution in [3.05, 3.63) is 11.9 Å². The highest BCUT2D eigenvalue weighted by molar-refractivity contribution is 5.86. The molecule has 0 radical (unpaired) electrons. The minimum absolute atomic E-state index is 0.155. The molecular formula is C10H15N5O4. The minimum Gasteiger partial charge on any atom is -0.476 e. The minimum atomic E-state index is -1.16. The first-order valence-corrected chi connectivity index (χ1v) is 5.58. The Balaban J connectivity index is 2.35. The third-order valence-corrected chi connectivity index (χ3v) is 2.21. The zero-order valence-corrected chi connectivity index (χ0v) is 10.6. The lowest BCUT2D eigenvalue weighted by Crippen LogP contribution is -2.44. The summed E-state index contributed by atoms with van der Waals surface area (Å²) in [5.41, 5.74) is -0.155. The first-order chi connectivity index (χ1) is 8.90. The summed E-state index contributed by atoms with van der Waals surface area (Å²) in [6, 6.07) is -0.622. The van der Waals surface area contributed by atoms with Gasteiger partial charge in [0.15, 0.2) is 5.69 Å². The van der Waals surface area contributed by atoms with Crippen molar-refractivity contribution in [1.29, 1.82) is 0 Å². The van der Waals surface area contributed by atoms with E-state index in [9.17, 15) is 14.4 Å². The van der Waals surface area contributed by atoms with E-state index in [1.54, 1.807) is 6.92 Å². The lowest BCUT2D eigenvalue weighted by atomic mass is 10.3. The molecule has 0 saturated heterocycles. The van der Waals surface area contributed by atoms with Gasteiger partial charge in [-0.1, -0.05) is 5.21 Å². The van der Waals surface area contributed by atoms with Gasteiger partial charge in [-0.25, -0.2) is 9.48 Å². The van der Waals surface area contributed by atoms with Crippen LogP contribution in [0.5, 0.6) is 0 Å². The summed E-state index contributed by atoms with van der Waals surface area (Å²) in [5.74, 6) is -1.77. The molecule has 1 rings (SSSR count). The zero-order valence-electron chi connectivity index (χ0n) is 10.6. The number of aromatic carboxylic acids is 1. The Hall–Kier alpha value is -2.45. The molecule has 19 heavy (non-hydrogen) atoms. The highest BCUT2D eigenvalue weighted by Gasteiger charge is 2.13. The fraction of sp³-hybridized carbons (Fsp3) is 0.500. The third-order valence-electron chi connectivity index (χ3n) is 2.21. The van der Waals surface area contributed by atoms with Crippen LogP contribution in [-0.4, -0.2) is 50.5 Å². The topological polar surface area (TPSA) is 126 Å². The number of carboxylic acids is 1. The SMILES string of the molecule is CC(=O)NC(C)C(=O)NCCn1cc(C(=O)O)nn1. The number of rotatable bonds is 6. The monoisotopic (exact) mass is 269 g/mol. The van der Waals surface area contributed by atoms with Crippen molar-refractivity contribution in [2.24, 2.45) is 0 Å². The standard InChI is InChI=1S/C10H15N5O4/c1-6(12-7(2)16)9(17)11-3-4-15-5-8(10(18)19)13-14-15/h5-6H,3-4H2,1-2H3,(H,11,17)(H,12,16)(H,18,19). The number of carbonyl (C=O) groups is 3. The largest absolute Gasteiger partial charge is 0.476 e. The number of nitrogens with one attached hydrogen (secondary N) is 2. The van der Waals surface area contributed by atoms with Crippen LogP contribution in [-0.2, 0) is 16.1 Å². The molecule has 9 heteroatoms. The van der Waals surface area contributed by atoms with Crippen molar-refractivity contribution in [3.63, 3.8) is 0 Å². The Morgan fingerprint density at radius 1 is 1.47 bits per heavy atom. The summed E-state index contributed by atoms with van der Waals surface area (Å²) in [4.78, 5) is 32.8.